The first-order valence-electron chi connectivity index (χ1n) is 6.21. The van der Waals surface area contributed by atoms with Gasteiger partial charge in [0.2, 0.25) is 0 Å². The Balaban J connectivity index is 2.13. The number of nitrogens with two attached hydrogens (primary N) is 1. The Labute approximate surface area is 116 Å². The highest BCUT2D eigenvalue weighted by molar-refractivity contribution is 7.13. The summed E-state index contributed by atoms with van der Waals surface area (Å²) in [5.41, 5.74) is 8.03. The number of nitrogens with zero attached hydrogens (tertiary/aromatic N) is 1. The van der Waals surface area contributed by atoms with E-state index in [4.69, 9.17) is 5.73 Å². The van der Waals surface area contributed by atoms with Gasteiger partial charge in [-0.1, -0.05) is 12.1 Å². The van der Waals surface area contributed by atoms with Gasteiger partial charge in [0.25, 0.3) is 5.91 Å². The van der Waals surface area contributed by atoms with Gasteiger partial charge in [-0.05, 0) is 32.0 Å². The quantitative estimate of drug-likeness (QED) is 0.822. The molecule has 0 aliphatic rings. The Morgan fingerprint density at radius 3 is 3.00 bits per heavy atom. The lowest BCUT2D eigenvalue weighted by molar-refractivity contribution is 0.0953. The van der Waals surface area contributed by atoms with E-state index in [-0.39, 0.29) is 5.91 Å². The second-order valence-electron chi connectivity index (χ2n) is 4.27. The van der Waals surface area contributed by atoms with E-state index in [9.17, 15) is 4.79 Å². The molecule has 0 bridgehead atoms. The zero-order chi connectivity index (χ0) is 13.7. The third-order valence-corrected chi connectivity index (χ3v) is 3.67. The van der Waals surface area contributed by atoms with Crippen LogP contribution >= 0.6 is 11.3 Å². The van der Waals surface area contributed by atoms with Crippen LogP contribution in [0, 0.1) is 6.92 Å². The number of benzene rings is 1. The first kappa shape index (κ1) is 13.7. The van der Waals surface area contributed by atoms with Gasteiger partial charge in [0.05, 0.1) is 0 Å². The number of amides is 1. The molecule has 1 heterocycles. The van der Waals surface area contributed by atoms with Crippen molar-refractivity contribution in [3.05, 3.63) is 40.9 Å². The van der Waals surface area contributed by atoms with Crippen LogP contribution in [0.3, 0.4) is 0 Å². The first-order valence-corrected chi connectivity index (χ1v) is 7.09. The summed E-state index contributed by atoms with van der Waals surface area (Å²) in [5.74, 6) is -0.0661. The molecular weight excluding hydrogens is 258 g/mol. The van der Waals surface area contributed by atoms with E-state index in [1.54, 1.807) is 11.3 Å². The van der Waals surface area contributed by atoms with Crippen LogP contribution in [0.25, 0.3) is 10.6 Å². The Bertz CT molecular complexity index is 565. The molecule has 5 heteroatoms. The highest BCUT2D eigenvalue weighted by atomic mass is 32.1. The van der Waals surface area contributed by atoms with E-state index in [2.05, 4.69) is 10.3 Å². The van der Waals surface area contributed by atoms with Gasteiger partial charge in [0, 0.05) is 28.7 Å². The summed E-state index contributed by atoms with van der Waals surface area (Å²) in [4.78, 5) is 16.4. The smallest absolute Gasteiger partial charge is 0.251 e. The standard InChI is InChI=1S/C14H17N3OS/c1-10-9-19-14(17-10)12-5-2-4-11(8-12)13(18)16-7-3-6-15/h2,4-5,8-9H,3,6-7,15H2,1H3,(H,16,18). The highest BCUT2D eigenvalue weighted by Crippen LogP contribution is 2.24. The molecule has 2 rings (SSSR count). The lowest BCUT2D eigenvalue weighted by Gasteiger charge is -2.05. The van der Waals surface area contributed by atoms with Crippen molar-refractivity contribution < 1.29 is 4.79 Å². The molecule has 0 aliphatic heterocycles. The van der Waals surface area contributed by atoms with Crippen LogP contribution in [0.5, 0.6) is 0 Å². The molecule has 2 aromatic rings. The zero-order valence-corrected chi connectivity index (χ0v) is 11.7. The van der Waals surface area contributed by atoms with Crippen LogP contribution in [0.2, 0.25) is 0 Å². The zero-order valence-electron chi connectivity index (χ0n) is 10.8. The predicted octanol–water partition coefficient (Wildman–Crippen LogP) is 2.20. The van der Waals surface area contributed by atoms with Crippen molar-refractivity contribution in [3.63, 3.8) is 0 Å². The largest absolute Gasteiger partial charge is 0.352 e. The molecule has 4 nitrogen and oxygen atoms in total. The Morgan fingerprint density at radius 2 is 2.32 bits per heavy atom. The van der Waals surface area contributed by atoms with Gasteiger partial charge < -0.3 is 11.1 Å². The van der Waals surface area contributed by atoms with Crippen LogP contribution in [-0.4, -0.2) is 24.0 Å². The SMILES string of the molecule is Cc1csc(-c2cccc(C(=O)NCCCN)c2)n1. The van der Waals surface area contributed by atoms with Crippen molar-refractivity contribution in [3.8, 4) is 10.6 Å². The number of nitrogens with one attached hydrogen (secondary N) is 1. The summed E-state index contributed by atoms with van der Waals surface area (Å²) in [6.45, 7) is 3.15. The van der Waals surface area contributed by atoms with Gasteiger partial charge in [0.15, 0.2) is 0 Å². The molecule has 1 aromatic heterocycles. The molecule has 1 amide bonds. The molecule has 0 fully saturated rings. The molecule has 100 valence electrons. The molecule has 0 spiro atoms. The maximum atomic E-state index is 11.9. The molecule has 1 aromatic carbocycles. The Hall–Kier alpha value is -1.72. The van der Waals surface area contributed by atoms with E-state index in [0.717, 1.165) is 22.7 Å². The van der Waals surface area contributed by atoms with Crippen LogP contribution in [0.1, 0.15) is 22.5 Å². The summed E-state index contributed by atoms with van der Waals surface area (Å²) in [6.07, 6.45) is 0.789. The fraction of sp³-hybridized carbons (Fsp3) is 0.286. The topological polar surface area (TPSA) is 68.0 Å². The minimum atomic E-state index is -0.0661. The molecule has 19 heavy (non-hydrogen) atoms. The Morgan fingerprint density at radius 1 is 1.47 bits per heavy atom. The van der Waals surface area contributed by atoms with Gasteiger partial charge in [-0.25, -0.2) is 4.98 Å². The molecule has 0 saturated heterocycles. The molecule has 0 aliphatic carbocycles. The molecule has 0 atom stereocenters. The third kappa shape index (κ3) is 3.62. The number of rotatable bonds is 5. The summed E-state index contributed by atoms with van der Waals surface area (Å²) < 4.78 is 0. The minimum absolute atomic E-state index is 0.0661. The molecule has 0 unspecified atom stereocenters. The number of hydrogen-bond acceptors (Lipinski definition) is 4. The second-order valence-corrected chi connectivity index (χ2v) is 5.13. The number of hydrogen-bond donors (Lipinski definition) is 2. The summed E-state index contributed by atoms with van der Waals surface area (Å²) in [6, 6.07) is 7.52. The van der Waals surface area contributed by atoms with Gasteiger partial charge in [-0.15, -0.1) is 11.3 Å². The monoisotopic (exact) mass is 275 g/mol. The van der Waals surface area contributed by atoms with Crippen molar-refractivity contribution in [2.75, 3.05) is 13.1 Å². The number of carbonyl (C=O) groups is 1. The number of aryl methyl sites for hydroxylation is 1. The lowest BCUT2D eigenvalue weighted by Crippen LogP contribution is -2.25. The van der Waals surface area contributed by atoms with Crippen molar-refractivity contribution in [1.82, 2.24) is 10.3 Å². The predicted molar refractivity (Wildman–Crippen MR) is 78.3 cm³/mol. The highest BCUT2D eigenvalue weighted by Gasteiger charge is 2.08. The van der Waals surface area contributed by atoms with Crippen LogP contribution in [0.15, 0.2) is 29.6 Å². The van der Waals surface area contributed by atoms with Crippen molar-refractivity contribution in [2.24, 2.45) is 5.73 Å². The van der Waals surface area contributed by atoms with Crippen molar-refractivity contribution in [2.45, 2.75) is 13.3 Å². The number of aromatic nitrogens is 1. The van der Waals surface area contributed by atoms with Gasteiger partial charge >= 0.3 is 0 Å². The third-order valence-electron chi connectivity index (χ3n) is 2.66. The minimum Gasteiger partial charge on any atom is -0.352 e. The van der Waals surface area contributed by atoms with Crippen molar-refractivity contribution in [1.29, 1.82) is 0 Å². The van der Waals surface area contributed by atoms with E-state index < -0.39 is 0 Å². The fourth-order valence-corrected chi connectivity index (χ4v) is 2.48. The maximum Gasteiger partial charge on any atom is 0.251 e. The average molecular weight is 275 g/mol. The van der Waals surface area contributed by atoms with E-state index >= 15 is 0 Å². The fourth-order valence-electron chi connectivity index (χ4n) is 1.69. The maximum absolute atomic E-state index is 11.9. The first-order chi connectivity index (χ1) is 9.20. The summed E-state index contributed by atoms with van der Waals surface area (Å²) in [5, 5.41) is 5.79. The summed E-state index contributed by atoms with van der Waals surface area (Å²) >= 11 is 1.59. The van der Waals surface area contributed by atoms with Crippen LogP contribution in [0.4, 0.5) is 0 Å². The molecule has 3 N–H and O–H groups in total. The summed E-state index contributed by atoms with van der Waals surface area (Å²) in [7, 11) is 0. The van der Waals surface area contributed by atoms with Crippen molar-refractivity contribution >= 4 is 17.2 Å². The van der Waals surface area contributed by atoms with Crippen LogP contribution < -0.4 is 11.1 Å². The lowest BCUT2D eigenvalue weighted by atomic mass is 10.1. The second kappa shape index (κ2) is 6.45. The van der Waals surface area contributed by atoms with E-state index in [1.807, 2.05) is 36.6 Å². The van der Waals surface area contributed by atoms with E-state index in [1.165, 1.54) is 0 Å². The van der Waals surface area contributed by atoms with Gasteiger partial charge in [-0.2, -0.15) is 0 Å². The number of thiazole rings is 1. The normalized spacial score (nSPS) is 10.4. The molecule has 0 radical (unpaired) electrons. The average Bonchev–Trinajstić information content (AvgIpc) is 2.86. The number of carbonyl (C=O) groups excluding carboxylic acids is 1. The van der Waals surface area contributed by atoms with E-state index in [0.29, 0.717) is 18.7 Å². The molecular formula is C14H17N3OS. The van der Waals surface area contributed by atoms with Gasteiger partial charge in [0.1, 0.15) is 5.01 Å². The van der Waals surface area contributed by atoms with Crippen LogP contribution in [-0.2, 0) is 0 Å². The molecule has 0 saturated carbocycles. The van der Waals surface area contributed by atoms with Gasteiger partial charge in [-0.3, -0.25) is 4.79 Å². The Kier molecular flexibility index (Phi) is 4.65.